The van der Waals surface area contributed by atoms with Gasteiger partial charge in [-0.1, -0.05) is 6.92 Å². The van der Waals surface area contributed by atoms with Gasteiger partial charge in [-0.15, -0.1) is 0 Å². The summed E-state index contributed by atoms with van der Waals surface area (Å²) in [5, 5.41) is 14.6. The van der Waals surface area contributed by atoms with E-state index in [-0.39, 0.29) is 31.4 Å². The molecule has 3 unspecified atom stereocenters. The molecule has 0 aromatic rings. The molecule has 0 aliphatic carbocycles. The lowest BCUT2D eigenvalue weighted by atomic mass is 10.0. The second-order valence-electron chi connectivity index (χ2n) is 4.71. The van der Waals surface area contributed by atoms with Crippen molar-refractivity contribution < 1.29 is 24.2 Å². The number of ether oxygens (including phenoxy) is 1. The molecule has 20 heavy (non-hydrogen) atoms. The minimum atomic E-state index is -1.18. The number of likely N-dealkylation sites (N-methyl/N-ethyl adjacent to an activating group) is 1. The summed E-state index contributed by atoms with van der Waals surface area (Å²) in [6, 6.07) is -1.23. The van der Waals surface area contributed by atoms with Crippen LogP contribution in [0.2, 0.25) is 0 Å². The van der Waals surface area contributed by atoms with Crippen molar-refractivity contribution in [2.75, 3.05) is 19.8 Å². The van der Waals surface area contributed by atoms with Crippen LogP contribution >= 0.6 is 0 Å². The molecule has 1 fully saturated rings. The van der Waals surface area contributed by atoms with Gasteiger partial charge in [0.2, 0.25) is 11.8 Å². The lowest BCUT2D eigenvalue weighted by Gasteiger charge is -2.20. The average molecular weight is 287 g/mol. The summed E-state index contributed by atoms with van der Waals surface area (Å²) in [6.45, 7) is 3.29. The minimum absolute atomic E-state index is 0.0180. The van der Waals surface area contributed by atoms with Crippen LogP contribution in [0, 0.1) is 5.92 Å². The normalized spacial score (nSPS) is 23.2. The third-order valence-electron chi connectivity index (χ3n) is 3.18. The first-order chi connectivity index (χ1) is 9.45. The molecule has 0 aromatic heterocycles. The highest BCUT2D eigenvalue weighted by Crippen LogP contribution is 2.14. The van der Waals surface area contributed by atoms with Crippen molar-refractivity contribution in [2.24, 2.45) is 11.7 Å². The van der Waals surface area contributed by atoms with Crippen molar-refractivity contribution >= 4 is 17.8 Å². The number of aliphatic carboxylic acids is 1. The molecule has 0 saturated carbocycles. The third-order valence-corrected chi connectivity index (χ3v) is 3.18. The molecule has 1 aliphatic rings. The number of carboxylic acids is 1. The molecule has 5 N–H and O–H groups in total. The summed E-state index contributed by atoms with van der Waals surface area (Å²) in [5.74, 6) is -2.59. The van der Waals surface area contributed by atoms with Crippen molar-refractivity contribution in [1.29, 1.82) is 0 Å². The Hall–Kier alpha value is -1.67. The van der Waals surface area contributed by atoms with Gasteiger partial charge in [0.15, 0.2) is 0 Å². The smallest absolute Gasteiger partial charge is 0.326 e. The first kappa shape index (κ1) is 16.4. The summed E-state index contributed by atoms with van der Waals surface area (Å²) >= 11 is 0. The number of carbonyl (C=O) groups is 3. The molecule has 1 rings (SSSR count). The van der Waals surface area contributed by atoms with Gasteiger partial charge >= 0.3 is 5.97 Å². The number of carboxylic acid groups (broad SMARTS) is 1. The van der Waals surface area contributed by atoms with Gasteiger partial charge in [0.1, 0.15) is 6.04 Å². The highest BCUT2D eigenvalue weighted by molar-refractivity contribution is 5.86. The number of carbonyl (C=O) groups excluding carboxylic acids is 2. The molecular formula is C12H21N3O5. The van der Waals surface area contributed by atoms with Crippen molar-refractivity contribution in [3.05, 3.63) is 0 Å². The highest BCUT2D eigenvalue weighted by Gasteiger charge is 2.35. The predicted octanol–water partition coefficient (Wildman–Crippen LogP) is -1.55. The molecule has 0 spiro atoms. The Balaban J connectivity index is 2.56. The molecular weight excluding hydrogens is 266 g/mol. The third kappa shape index (κ3) is 4.78. The van der Waals surface area contributed by atoms with E-state index in [1.54, 1.807) is 0 Å². The Bertz CT molecular complexity index is 374. The maximum Gasteiger partial charge on any atom is 0.326 e. The van der Waals surface area contributed by atoms with Crippen LogP contribution in [0.1, 0.15) is 19.8 Å². The molecule has 1 saturated heterocycles. The number of hydrogen-bond acceptors (Lipinski definition) is 5. The predicted molar refractivity (Wildman–Crippen MR) is 69.8 cm³/mol. The zero-order chi connectivity index (χ0) is 15.1. The Morgan fingerprint density at radius 2 is 2.10 bits per heavy atom. The maximum atomic E-state index is 12.1. The lowest BCUT2D eigenvalue weighted by molar-refractivity contribution is -0.143. The number of primary amides is 1. The van der Waals surface area contributed by atoms with Gasteiger partial charge in [-0.25, -0.2) is 4.79 Å². The largest absolute Gasteiger partial charge is 0.480 e. The fourth-order valence-electron chi connectivity index (χ4n) is 2.10. The molecule has 3 atom stereocenters. The van der Waals surface area contributed by atoms with Crippen molar-refractivity contribution in [3.63, 3.8) is 0 Å². The molecule has 0 aromatic carbocycles. The Morgan fingerprint density at radius 3 is 2.65 bits per heavy atom. The zero-order valence-corrected chi connectivity index (χ0v) is 11.4. The van der Waals surface area contributed by atoms with Crippen LogP contribution in [-0.4, -0.2) is 54.7 Å². The van der Waals surface area contributed by atoms with Gasteiger partial charge in [-0.05, 0) is 13.0 Å². The van der Waals surface area contributed by atoms with Crippen LogP contribution in [0.5, 0.6) is 0 Å². The molecule has 2 amide bonds. The van der Waals surface area contributed by atoms with Crippen LogP contribution in [0.4, 0.5) is 0 Å². The van der Waals surface area contributed by atoms with Gasteiger partial charge in [-0.3, -0.25) is 9.59 Å². The average Bonchev–Trinajstić information content (AvgIpc) is 2.82. The molecule has 8 heteroatoms. The van der Waals surface area contributed by atoms with E-state index >= 15 is 0 Å². The fourth-order valence-corrected chi connectivity index (χ4v) is 2.10. The Labute approximate surface area is 117 Å². The SMILES string of the molecule is CCNC1COCC1C(=O)NC(CCC(N)=O)C(=O)O. The molecule has 114 valence electrons. The summed E-state index contributed by atoms with van der Waals surface area (Å²) in [4.78, 5) is 33.8. The van der Waals surface area contributed by atoms with E-state index in [0.717, 1.165) is 0 Å². The fraction of sp³-hybridized carbons (Fsp3) is 0.750. The first-order valence-electron chi connectivity index (χ1n) is 6.58. The zero-order valence-electron chi connectivity index (χ0n) is 11.4. The number of amides is 2. The van der Waals surface area contributed by atoms with E-state index in [1.807, 2.05) is 6.92 Å². The van der Waals surface area contributed by atoms with E-state index in [4.69, 9.17) is 15.6 Å². The van der Waals surface area contributed by atoms with Gasteiger partial charge in [0, 0.05) is 12.5 Å². The molecule has 1 aliphatic heterocycles. The van der Waals surface area contributed by atoms with Crippen molar-refractivity contribution in [3.8, 4) is 0 Å². The number of hydrogen-bond donors (Lipinski definition) is 4. The van der Waals surface area contributed by atoms with Gasteiger partial charge in [-0.2, -0.15) is 0 Å². The minimum Gasteiger partial charge on any atom is -0.480 e. The maximum absolute atomic E-state index is 12.1. The molecule has 0 bridgehead atoms. The number of nitrogens with one attached hydrogen (secondary N) is 2. The van der Waals surface area contributed by atoms with E-state index in [1.165, 1.54) is 0 Å². The molecule has 1 heterocycles. The molecule has 8 nitrogen and oxygen atoms in total. The summed E-state index contributed by atoms with van der Waals surface area (Å²) < 4.78 is 5.24. The summed E-state index contributed by atoms with van der Waals surface area (Å²) in [6.07, 6.45) is -0.106. The topological polar surface area (TPSA) is 131 Å². The Morgan fingerprint density at radius 1 is 1.40 bits per heavy atom. The van der Waals surface area contributed by atoms with Gasteiger partial charge in [0.25, 0.3) is 0 Å². The Kier molecular flexibility index (Phi) is 6.40. The second-order valence-corrected chi connectivity index (χ2v) is 4.71. The van der Waals surface area contributed by atoms with Crippen LogP contribution in [-0.2, 0) is 19.1 Å². The summed E-state index contributed by atoms with van der Waals surface area (Å²) in [5.41, 5.74) is 4.98. The van der Waals surface area contributed by atoms with Crippen molar-refractivity contribution in [2.45, 2.75) is 31.8 Å². The highest BCUT2D eigenvalue weighted by atomic mass is 16.5. The van der Waals surface area contributed by atoms with Crippen LogP contribution < -0.4 is 16.4 Å². The second kappa shape index (κ2) is 7.81. The van der Waals surface area contributed by atoms with Gasteiger partial charge < -0.3 is 26.2 Å². The van der Waals surface area contributed by atoms with Crippen LogP contribution in [0.3, 0.4) is 0 Å². The quantitative estimate of drug-likeness (QED) is 0.427. The molecule has 0 radical (unpaired) electrons. The van der Waals surface area contributed by atoms with Crippen LogP contribution in [0.15, 0.2) is 0 Å². The van der Waals surface area contributed by atoms with Gasteiger partial charge in [0.05, 0.1) is 19.1 Å². The van der Waals surface area contributed by atoms with E-state index < -0.39 is 23.8 Å². The van der Waals surface area contributed by atoms with Crippen molar-refractivity contribution in [1.82, 2.24) is 10.6 Å². The number of rotatable bonds is 8. The van der Waals surface area contributed by atoms with E-state index in [2.05, 4.69) is 10.6 Å². The summed E-state index contributed by atoms with van der Waals surface area (Å²) in [7, 11) is 0. The number of nitrogens with two attached hydrogens (primary N) is 1. The standard InChI is InChI=1S/C12H21N3O5/c1-2-14-9-6-20-5-7(9)11(17)15-8(12(18)19)3-4-10(13)16/h7-9,14H,2-6H2,1H3,(H2,13,16)(H,15,17)(H,18,19). The van der Waals surface area contributed by atoms with E-state index in [0.29, 0.717) is 13.2 Å². The monoisotopic (exact) mass is 287 g/mol. The van der Waals surface area contributed by atoms with Crippen LogP contribution in [0.25, 0.3) is 0 Å². The van der Waals surface area contributed by atoms with E-state index in [9.17, 15) is 14.4 Å². The first-order valence-corrected chi connectivity index (χ1v) is 6.58. The lowest BCUT2D eigenvalue weighted by Crippen LogP contribution is -2.49.